The molecule has 1 saturated carbocycles. The number of rotatable bonds is 5. The molecular formula is C20H28N2O3. The topological polar surface area (TPSA) is 58.6 Å². The van der Waals surface area contributed by atoms with Gasteiger partial charge in [0.2, 0.25) is 5.91 Å². The van der Waals surface area contributed by atoms with Gasteiger partial charge in [-0.25, -0.2) is 0 Å². The summed E-state index contributed by atoms with van der Waals surface area (Å²) < 4.78 is 6.18. The van der Waals surface area contributed by atoms with Crippen LogP contribution in [0.2, 0.25) is 0 Å². The molecule has 0 radical (unpaired) electrons. The van der Waals surface area contributed by atoms with Gasteiger partial charge >= 0.3 is 0 Å². The molecule has 0 aromatic heterocycles. The fourth-order valence-corrected chi connectivity index (χ4v) is 3.75. The van der Waals surface area contributed by atoms with Crippen LogP contribution in [-0.2, 0) is 14.3 Å². The van der Waals surface area contributed by atoms with E-state index < -0.39 is 6.10 Å². The van der Waals surface area contributed by atoms with Gasteiger partial charge in [0.1, 0.15) is 0 Å². The Balaban J connectivity index is 1.62. The van der Waals surface area contributed by atoms with Gasteiger partial charge in [0, 0.05) is 26.1 Å². The molecule has 1 aromatic carbocycles. The van der Waals surface area contributed by atoms with Crippen LogP contribution in [0.5, 0.6) is 0 Å². The van der Waals surface area contributed by atoms with Crippen molar-refractivity contribution >= 4 is 11.8 Å². The zero-order valence-electron chi connectivity index (χ0n) is 14.9. The number of likely N-dealkylation sites (tertiary alicyclic amines) is 1. The Morgan fingerprint density at radius 3 is 2.32 bits per heavy atom. The Hall–Kier alpha value is -1.88. The molecule has 2 fully saturated rings. The van der Waals surface area contributed by atoms with Crippen LogP contribution in [0.15, 0.2) is 30.3 Å². The van der Waals surface area contributed by atoms with Crippen molar-refractivity contribution in [2.24, 2.45) is 0 Å². The van der Waals surface area contributed by atoms with E-state index in [1.165, 1.54) is 12.8 Å². The number of hydrogen-bond acceptors (Lipinski definition) is 3. The maximum Gasteiger partial charge on any atom is 0.254 e. The molecule has 1 N–H and O–H groups in total. The van der Waals surface area contributed by atoms with E-state index in [9.17, 15) is 9.59 Å². The van der Waals surface area contributed by atoms with Crippen molar-refractivity contribution in [1.82, 2.24) is 10.2 Å². The number of benzene rings is 1. The van der Waals surface area contributed by atoms with E-state index in [0.717, 1.165) is 31.2 Å². The molecule has 2 amide bonds. The van der Waals surface area contributed by atoms with Gasteiger partial charge in [-0.2, -0.15) is 0 Å². The molecule has 0 unspecified atom stereocenters. The molecule has 1 aromatic rings. The molecule has 1 aliphatic carbocycles. The Bertz CT molecular complexity index is 576. The first-order chi connectivity index (χ1) is 12.1. The maximum atomic E-state index is 12.9. The second-order valence-electron chi connectivity index (χ2n) is 7.12. The summed E-state index contributed by atoms with van der Waals surface area (Å²) in [6.45, 7) is 3.01. The molecule has 2 aliphatic rings. The molecule has 5 heteroatoms. The maximum absolute atomic E-state index is 12.9. The van der Waals surface area contributed by atoms with Gasteiger partial charge in [-0.1, -0.05) is 43.2 Å². The Kier molecular flexibility index (Phi) is 6.08. The lowest BCUT2D eigenvalue weighted by atomic mass is 10.0. The number of carbonyl (C=O) groups excluding carboxylic acids is 2. The van der Waals surface area contributed by atoms with Gasteiger partial charge in [-0.15, -0.1) is 0 Å². The van der Waals surface area contributed by atoms with Crippen molar-refractivity contribution in [2.75, 3.05) is 13.1 Å². The summed E-state index contributed by atoms with van der Waals surface area (Å²) in [5.74, 6) is 0.0517. The molecule has 1 aliphatic heterocycles. The molecule has 0 spiro atoms. The second kappa shape index (κ2) is 8.48. The minimum Gasteiger partial charge on any atom is -0.360 e. The van der Waals surface area contributed by atoms with Crippen LogP contribution >= 0.6 is 0 Å². The highest BCUT2D eigenvalue weighted by molar-refractivity contribution is 5.82. The lowest BCUT2D eigenvalue weighted by Gasteiger charge is -2.32. The first-order valence-electron chi connectivity index (χ1n) is 9.40. The first kappa shape index (κ1) is 17.9. The van der Waals surface area contributed by atoms with E-state index in [1.807, 2.05) is 35.2 Å². The average molecular weight is 344 g/mol. The van der Waals surface area contributed by atoms with Crippen molar-refractivity contribution in [3.8, 4) is 0 Å². The van der Waals surface area contributed by atoms with Gasteiger partial charge in [0.25, 0.3) is 5.91 Å². The molecule has 1 heterocycles. The van der Waals surface area contributed by atoms with Gasteiger partial charge in [0.05, 0.1) is 6.10 Å². The number of amides is 2. The summed E-state index contributed by atoms with van der Waals surface area (Å²) in [4.78, 5) is 26.2. The van der Waals surface area contributed by atoms with Gasteiger partial charge in [-0.05, 0) is 31.2 Å². The molecule has 3 rings (SSSR count). The average Bonchev–Trinajstić information content (AvgIpc) is 3.14. The highest BCUT2D eigenvalue weighted by Gasteiger charge is 2.29. The van der Waals surface area contributed by atoms with Crippen molar-refractivity contribution in [2.45, 2.75) is 63.7 Å². The zero-order valence-corrected chi connectivity index (χ0v) is 14.9. The predicted octanol–water partition coefficient (Wildman–Crippen LogP) is 2.81. The highest BCUT2D eigenvalue weighted by atomic mass is 16.5. The third-order valence-electron chi connectivity index (χ3n) is 5.26. The molecule has 5 nitrogen and oxygen atoms in total. The standard InChI is InChI=1S/C20H28N2O3/c1-15(23)22-13-11-17(12-14-22)21-20(24)19(16-7-3-2-4-8-16)25-18-9-5-6-10-18/h2-4,7-8,17-19H,5-6,9-14H2,1H3,(H,21,24)/t19-/m0/s1. The lowest BCUT2D eigenvalue weighted by molar-refractivity contribution is -0.138. The SMILES string of the molecule is CC(=O)N1CCC(NC(=O)[C@@H](OC2CCCC2)c2ccccc2)CC1. The van der Waals surface area contributed by atoms with Crippen molar-refractivity contribution in [3.05, 3.63) is 35.9 Å². The van der Waals surface area contributed by atoms with E-state index in [-0.39, 0.29) is 24.0 Å². The second-order valence-corrected chi connectivity index (χ2v) is 7.12. The quantitative estimate of drug-likeness (QED) is 0.893. The minimum absolute atomic E-state index is 0.0561. The third kappa shape index (κ3) is 4.82. The zero-order chi connectivity index (χ0) is 17.6. The summed E-state index contributed by atoms with van der Waals surface area (Å²) >= 11 is 0. The Morgan fingerprint density at radius 1 is 1.08 bits per heavy atom. The summed E-state index contributed by atoms with van der Waals surface area (Å²) in [7, 11) is 0. The summed E-state index contributed by atoms with van der Waals surface area (Å²) in [6.07, 6.45) is 5.66. The monoisotopic (exact) mass is 344 g/mol. The minimum atomic E-state index is -0.546. The first-order valence-corrected chi connectivity index (χ1v) is 9.40. The van der Waals surface area contributed by atoms with E-state index >= 15 is 0 Å². The smallest absolute Gasteiger partial charge is 0.254 e. The molecule has 1 atom stereocenters. The van der Waals surface area contributed by atoms with Crippen LogP contribution < -0.4 is 5.32 Å². The van der Waals surface area contributed by atoms with E-state index in [2.05, 4.69) is 5.32 Å². The summed E-state index contributed by atoms with van der Waals surface area (Å²) in [5.41, 5.74) is 0.910. The summed E-state index contributed by atoms with van der Waals surface area (Å²) in [5, 5.41) is 3.15. The van der Waals surface area contributed by atoms with Crippen LogP contribution in [0, 0.1) is 0 Å². The van der Waals surface area contributed by atoms with Crippen molar-refractivity contribution in [3.63, 3.8) is 0 Å². The van der Waals surface area contributed by atoms with Crippen LogP contribution in [0.1, 0.15) is 57.1 Å². The third-order valence-corrected chi connectivity index (χ3v) is 5.26. The summed E-state index contributed by atoms with van der Waals surface area (Å²) in [6, 6.07) is 9.86. The highest BCUT2D eigenvalue weighted by Crippen LogP contribution is 2.28. The fourth-order valence-electron chi connectivity index (χ4n) is 3.75. The molecule has 136 valence electrons. The van der Waals surface area contributed by atoms with E-state index in [4.69, 9.17) is 4.74 Å². The fraction of sp³-hybridized carbons (Fsp3) is 0.600. The van der Waals surface area contributed by atoms with Crippen molar-refractivity contribution in [1.29, 1.82) is 0 Å². The van der Waals surface area contributed by atoms with Gasteiger partial charge in [-0.3, -0.25) is 9.59 Å². The number of hydrogen-bond donors (Lipinski definition) is 1. The molecule has 25 heavy (non-hydrogen) atoms. The number of piperidine rings is 1. The number of carbonyl (C=O) groups is 2. The predicted molar refractivity (Wildman–Crippen MR) is 95.9 cm³/mol. The van der Waals surface area contributed by atoms with Crippen molar-refractivity contribution < 1.29 is 14.3 Å². The van der Waals surface area contributed by atoms with Crippen LogP contribution in [0.3, 0.4) is 0 Å². The van der Waals surface area contributed by atoms with E-state index in [1.54, 1.807) is 6.92 Å². The molecular weight excluding hydrogens is 316 g/mol. The molecule has 1 saturated heterocycles. The molecule has 0 bridgehead atoms. The van der Waals surface area contributed by atoms with Crippen LogP contribution in [0.4, 0.5) is 0 Å². The number of nitrogens with zero attached hydrogens (tertiary/aromatic N) is 1. The van der Waals surface area contributed by atoms with Gasteiger partial charge < -0.3 is 15.0 Å². The number of nitrogens with one attached hydrogen (secondary N) is 1. The Labute approximate surface area is 149 Å². The van der Waals surface area contributed by atoms with Gasteiger partial charge in [0.15, 0.2) is 6.10 Å². The number of ether oxygens (including phenoxy) is 1. The van der Waals surface area contributed by atoms with Crippen LogP contribution in [-0.4, -0.2) is 41.9 Å². The normalized spacial score (nSPS) is 20.4. The van der Waals surface area contributed by atoms with Crippen LogP contribution in [0.25, 0.3) is 0 Å². The van der Waals surface area contributed by atoms with E-state index in [0.29, 0.717) is 13.1 Å². The largest absolute Gasteiger partial charge is 0.360 e. The lowest BCUT2D eigenvalue weighted by Crippen LogP contribution is -2.47. The Morgan fingerprint density at radius 2 is 1.72 bits per heavy atom.